The summed E-state index contributed by atoms with van der Waals surface area (Å²) in [6.07, 6.45) is 1.81. The standard InChI is InChI=1S/C22H27N3O4S3/c1-14-8-12-30-19(14)5-9-23-22(27)16-6-10-25(11-7-16)32(28,29)17-3-4-20-18(13-17)24-21(26)15(2)31-20/h3-4,8,12-13,15-16H,5-7,9-11H2,1-2H3,(H,23,27)(H,24,26)/t15-/m0/s1. The number of hydrogen-bond acceptors (Lipinski definition) is 6. The molecule has 7 nitrogen and oxygen atoms in total. The van der Waals surface area contributed by atoms with Gasteiger partial charge < -0.3 is 10.6 Å². The van der Waals surface area contributed by atoms with Crippen LogP contribution in [0.2, 0.25) is 0 Å². The Balaban J connectivity index is 1.33. The SMILES string of the molecule is Cc1ccsc1CCNC(=O)C1CCN(S(=O)(=O)c2ccc3c(c2)NC(=O)[C@H](C)S3)CC1. The van der Waals surface area contributed by atoms with Gasteiger partial charge in [0.05, 0.1) is 15.8 Å². The van der Waals surface area contributed by atoms with E-state index in [0.717, 1.165) is 11.3 Å². The maximum absolute atomic E-state index is 13.1. The van der Waals surface area contributed by atoms with Crippen molar-refractivity contribution < 1.29 is 18.0 Å². The third-order valence-corrected chi connectivity index (χ3v) is 10.1. The molecule has 0 saturated carbocycles. The number of benzene rings is 1. The molecule has 1 aromatic heterocycles. The molecule has 1 atom stereocenters. The number of piperidine rings is 1. The van der Waals surface area contributed by atoms with Crippen molar-refractivity contribution in [3.63, 3.8) is 0 Å². The van der Waals surface area contributed by atoms with Gasteiger partial charge in [0.1, 0.15) is 0 Å². The lowest BCUT2D eigenvalue weighted by atomic mass is 9.97. The van der Waals surface area contributed by atoms with Gasteiger partial charge in [0.2, 0.25) is 21.8 Å². The van der Waals surface area contributed by atoms with Crippen molar-refractivity contribution in [2.24, 2.45) is 5.92 Å². The molecule has 2 aliphatic heterocycles. The van der Waals surface area contributed by atoms with Gasteiger partial charge in [-0.2, -0.15) is 4.31 Å². The fourth-order valence-corrected chi connectivity index (χ4v) is 7.30. The van der Waals surface area contributed by atoms with Crippen LogP contribution in [0.1, 0.15) is 30.2 Å². The molecule has 10 heteroatoms. The van der Waals surface area contributed by atoms with Gasteiger partial charge in [-0.3, -0.25) is 9.59 Å². The van der Waals surface area contributed by atoms with E-state index in [9.17, 15) is 18.0 Å². The molecule has 4 rings (SSSR count). The fourth-order valence-electron chi connectivity index (χ4n) is 3.96. The lowest BCUT2D eigenvalue weighted by Crippen LogP contribution is -2.43. The van der Waals surface area contributed by atoms with E-state index < -0.39 is 10.0 Å². The molecule has 32 heavy (non-hydrogen) atoms. The molecule has 1 saturated heterocycles. The predicted molar refractivity (Wildman–Crippen MR) is 128 cm³/mol. The molecule has 2 aromatic rings. The van der Waals surface area contributed by atoms with E-state index >= 15 is 0 Å². The van der Waals surface area contributed by atoms with Crippen LogP contribution >= 0.6 is 23.1 Å². The Bertz CT molecular complexity index is 1120. The number of carbonyl (C=O) groups is 2. The van der Waals surface area contributed by atoms with Crippen molar-refractivity contribution in [2.75, 3.05) is 25.0 Å². The molecule has 2 amide bonds. The number of thiophene rings is 1. The Morgan fingerprint density at radius 3 is 2.69 bits per heavy atom. The van der Waals surface area contributed by atoms with E-state index in [1.54, 1.807) is 23.5 Å². The topological polar surface area (TPSA) is 95.6 Å². The minimum Gasteiger partial charge on any atom is -0.355 e. The van der Waals surface area contributed by atoms with E-state index in [1.165, 1.54) is 32.6 Å². The second-order valence-electron chi connectivity index (χ2n) is 8.15. The summed E-state index contributed by atoms with van der Waals surface area (Å²) in [5.74, 6) is -0.302. The molecular weight excluding hydrogens is 466 g/mol. The molecular formula is C22H27N3O4S3. The summed E-state index contributed by atoms with van der Waals surface area (Å²) in [5.41, 5.74) is 1.78. The van der Waals surface area contributed by atoms with Crippen LogP contribution in [0.5, 0.6) is 0 Å². The Labute approximate surface area is 197 Å². The zero-order valence-electron chi connectivity index (χ0n) is 18.1. The highest BCUT2D eigenvalue weighted by molar-refractivity contribution is 8.01. The summed E-state index contributed by atoms with van der Waals surface area (Å²) in [6.45, 7) is 5.09. The van der Waals surface area contributed by atoms with Crippen molar-refractivity contribution in [3.8, 4) is 0 Å². The van der Waals surface area contributed by atoms with Crippen LogP contribution in [0.4, 0.5) is 5.69 Å². The lowest BCUT2D eigenvalue weighted by molar-refractivity contribution is -0.126. The second-order valence-corrected chi connectivity index (χ2v) is 12.5. The second kappa shape index (κ2) is 9.54. The van der Waals surface area contributed by atoms with Gasteiger partial charge in [0.25, 0.3) is 0 Å². The van der Waals surface area contributed by atoms with Crippen molar-refractivity contribution in [3.05, 3.63) is 40.1 Å². The van der Waals surface area contributed by atoms with Gasteiger partial charge in [-0.25, -0.2) is 8.42 Å². The molecule has 0 unspecified atom stereocenters. The third-order valence-electron chi connectivity index (χ3n) is 5.96. The summed E-state index contributed by atoms with van der Waals surface area (Å²) in [7, 11) is -3.68. The molecule has 1 fully saturated rings. The number of carbonyl (C=O) groups excluding carboxylic acids is 2. The number of nitrogens with zero attached hydrogens (tertiary/aromatic N) is 1. The zero-order chi connectivity index (χ0) is 22.9. The summed E-state index contributed by atoms with van der Waals surface area (Å²) < 4.78 is 27.7. The van der Waals surface area contributed by atoms with Crippen LogP contribution in [0.3, 0.4) is 0 Å². The smallest absolute Gasteiger partial charge is 0.243 e. The van der Waals surface area contributed by atoms with Crippen molar-refractivity contribution in [1.29, 1.82) is 0 Å². The first-order valence-electron chi connectivity index (χ1n) is 10.7. The van der Waals surface area contributed by atoms with Crippen LogP contribution in [-0.4, -0.2) is 49.4 Å². The molecule has 1 aromatic carbocycles. The van der Waals surface area contributed by atoms with Gasteiger partial charge in [-0.1, -0.05) is 0 Å². The largest absolute Gasteiger partial charge is 0.355 e. The van der Waals surface area contributed by atoms with Gasteiger partial charge in [0, 0.05) is 35.3 Å². The number of amides is 2. The minimum atomic E-state index is -3.68. The predicted octanol–water partition coefficient (Wildman–Crippen LogP) is 3.25. The molecule has 0 spiro atoms. The number of thioether (sulfide) groups is 1. The number of fused-ring (bicyclic) bond motifs is 1. The summed E-state index contributed by atoms with van der Waals surface area (Å²) in [6, 6.07) is 6.95. The number of nitrogens with one attached hydrogen (secondary N) is 2. The highest BCUT2D eigenvalue weighted by Gasteiger charge is 2.33. The van der Waals surface area contributed by atoms with Crippen LogP contribution in [0.25, 0.3) is 0 Å². The quantitative estimate of drug-likeness (QED) is 0.644. The van der Waals surface area contributed by atoms with Crippen molar-refractivity contribution in [2.45, 2.75) is 48.2 Å². The van der Waals surface area contributed by atoms with Gasteiger partial charge in [0.15, 0.2) is 0 Å². The van der Waals surface area contributed by atoms with Gasteiger partial charge in [-0.05, 0) is 68.3 Å². The molecule has 0 aliphatic carbocycles. The third kappa shape index (κ3) is 4.88. The van der Waals surface area contributed by atoms with Crippen molar-refractivity contribution >= 4 is 50.6 Å². The highest BCUT2D eigenvalue weighted by Crippen LogP contribution is 2.37. The van der Waals surface area contributed by atoms with E-state index in [2.05, 4.69) is 29.0 Å². The molecule has 2 aliphatic rings. The first-order chi connectivity index (χ1) is 15.3. The molecule has 2 N–H and O–H groups in total. The van der Waals surface area contributed by atoms with Crippen LogP contribution in [0.15, 0.2) is 39.4 Å². The average molecular weight is 494 g/mol. The van der Waals surface area contributed by atoms with E-state index in [4.69, 9.17) is 0 Å². The zero-order valence-corrected chi connectivity index (χ0v) is 20.5. The normalized spacial score (nSPS) is 19.9. The first kappa shape index (κ1) is 23.3. The Morgan fingerprint density at radius 2 is 2.00 bits per heavy atom. The number of anilines is 1. The molecule has 172 valence electrons. The van der Waals surface area contributed by atoms with E-state index in [1.807, 2.05) is 6.92 Å². The summed E-state index contributed by atoms with van der Waals surface area (Å²) >= 11 is 3.12. The fraction of sp³-hybridized carbons (Fsp3) is 0.455. The Hall–Kier alpha value is -1.88. The maximum atomic E-state index is 13.1. The Morgan fingerprint density at radius 1 is 1.25 bits per heavy atom. The first-order valence-corrected chi connectivity index (χ1v) is 13.9. The van der Waals surface area contributed by atoms with Crippen LogP contribution in [-0.2, 0) is 26.0 Å². The maximum Gasteiger partial charge on any atom is 0.243 e. The van der Waals surface area contributed by atoms with Crippen molar-refractivity contribution in [1.82, 2.24) is 9.62 Å². The van der Waals surface area contributed by atoms with E-state index in [-0.39, 0.29) is 27.9 Å². The number of hydrogen-bond donors (Lipinski definition) is 2. The minimum absolute atomic E-state index is 0.00102. The molecule has 0 radical (unpaired) electrons. The van der Waals surface area contributed by atoms with Crippen LogP contribution < -0.4 is 10.6 Å². The lowest BCUT2D eigenvalue weighted by Gasteiger charge is -2.31. The monoisotopic (exact) mass is 493 g/mol. The summed E-state index contributed by atoms with van der Waals surface area (Å²) in [4.78, 5) is 26.8. The highest BCUT2D eigenvalue weighted by atomic mass is 32.2. The average Bonchev–Trinajstić information content (AvgIpc) is 3.19. The van der Waals surface area contributed by atoms with Gasteiger partial charge in [-0.15, -0.1) is 23.1 Å². The van der Waals surface area contributed by atoms with Gasteiger partial charge >= 0.3 is 0 Å². The number of rotatable bonds is 6. The molecule has 0 bridgehead atoms. The number of aryl methyl sites for hydroxylation is 1. The molecule has 3 heterocycles. The summed E-state index contributed by atoms with van der Waals surface area (Å²) in [5, 5.41) is 7.64. The number of sulfonamides is 1. The van der Waals surface area contributed by atoms with Crippen LogP contribution in [0, 0.1) is 12.8 Å². The van der Waals surface area contributed by atoms with E-state index in [0.29, 0.717) is 38.2 Å². The Kier molecular flexibility index (Phi) is 6.94.